The molecule has 1 saturated heterocycles. The summed E-state index contributed by atoms with van der Waals surface area (Å²) in [6, 6.07) is 8.01. The van der Waals surface area contributed by atoms with Gasteiger partial charge in [0.2, 0.25) is 5.91 Å². The summed E-state index contributed by atoms with van der Waals surface area (Å²) in [5, 5.41) is 13.8. The summed E-state index contributed by atoms with van der Waals surface area (Å²) in [7, 11) is 1.74. The second kappa shape index (κ2) is 9.49. The third kappa shape index (κ3) is 4.40. The molecule has 2 fully saturated rings. The summed E-state index contributed by atoms with van der Waals surface area (Å²) in [4.78, 5) is 23.7. The van der Waals surface area contributed by atoms with Crippen molar-refractivity contribution in [3.63, 3.8) is 0 Å². The molecule has 162 valence electrons. The van der Waals surface area contributed by atoms with Gasteiger partial charge in [-0.2, -0.15) is 11.8 Å². The minimum atomic E-state index is -0.172. The van der Waals surface area contributed by atoms with E-state index < -0.39 is 0 Å². The van der Waals surface area contributed by atoms with Crippen LogP contribution in [0.5, 0.6) is 0 Å². The number of hydrogen-bond acceptors (Lipinski definition) is 7. The van der Waals surface area contributed by atoms with Crippen LogP contribution in [-0.4, -0.2) is 65.3 Å². The van der Waals surface area contributed by atoms with E-state index in [1.807, 2.05) is 30.5 Å². The number of methoxy groups -OCH3 is 1. The van der Waals surface area contributed by atoms with E-state index >= 15 is 0 Å². The Hall–Kier alpha value is -1.90. The topological polar surface area (TPSA) is 87.6 Å². The van der Waals surface area contributed by atoms with Gasteiger partial charge in [0, 0.05) is 37.8 Å². The number of aliphatic hydroxyl groups excluding tert-OH is 1. The first kappa shape index (κ1) is 21.3. The molecule has 4 rings (SSSR count). The number of aromatic nitrogens is 2. The quantitative estimate of drug-likeness (QED) is 0.696. The fourth-order valence-corrected chi connectivity index (χ4v) is 5.28. The number of fused-ring (bicyclic) bond motifs is 2. The Kier molecular flexibility index (Phi) is 6.75. The molecule has 2 aromatic rings. The lowest BCUT2D eigenvalue weighted by molar-refractivity contribution is -0.123. The highest BCUT2D eigenvalue weighted by Gasteiger charge is 2.43. The SMILES string of the molecule is CO[C@H]1C[C@@H]2CN(c3nc(CO)nc4ccccc34)C[C@@H]2C[C@@H]1NC(=O)CCSC. The average Bonchev–Trinajstić information content (AvgIpc) is 3.18. The van der Waals surface area contributed by atoms with Gasteiger partial charge in [0.25, 0.3) is 0 Å². The van der Waals surface area contributed by atoms with Crippen molar-refractivity contribution < 1.29 is 14.6 Å². The van der Waals surface area contributed by atoms with Gasteiger partial charge in [-0.05, 0) is 43.1 Å². The molecule has 2 N–H and O–H groups in total. The monoisotopic (exact) mass is 430 g/mol. The largest absolute Gasteiger partial charge is 0.388 e. The number of amides is 1. The van der Waals surface area contributed by atoms with E-state index in [-0.39, 0.29) is 24.7 Å². The molecule has 0 bridgehead atoms. The van der Waals surface area contributed by atoms with Crippen LogP contribution in [-0.2, 0) is 16.1 Å². The van der Waals surface area contributed by atoms with Gasteiger partial charge >= 0.3 is 0 Å². The summed E-state index contributed by atoms with van der Waals surface area (Å²) in [6.45, 7) is 1.63. The number of benzene rings is 1. The van der Waals surface area contributed by atoms with E-state index in [0.29, 0.717) is 24.1 Å². The van der Waals surface area contributed by atoms with E-state index in [2.05, 4.69) is 20.2 Å². The molecule has 1 aromatic heterocycles. The number of aliphatic hydroxyl groups is 1. The van der Waals surface area contributed by atoms with Crippen molar-refractivity contribution in [3.05, 3.63) is 30.1 Å². The van der Waals surface area contributed by atoms with E-state index in [9.17, 15) is 9.90 Å². The number of anilines is 1. The van der Waals surface area contributed by atoms with Crippen LogP contribution in [0.15, 0.2) is 24.3 Å². The van der Waals surface area contributed by atoms with Gasteiger partial charge in [-0.1, -0.05) is 12.1 Å². The Labute approximate surface area is 181 Å². The van der Waals surface area contributed by atoms with Crippen LogP contribution in [0.25, 0.3) is 10.9 Å². The molecule has 1 amide bonds. The number of nitrogens with zero attached hydrogens (tertiary/aromatic N) is 3. The fraction of sp³-hybridized carbons (Fsp3) is 0.591. The van der Waals surface area contributed by atoms with E-state index in [1.54, 1.807) is 18.9 Å². The Morgan fingerprint density at radius 1 is 1.27 bits per heavy atom. The molecule has 8 heteroatoms. The smallest absolute Gasteiger partial charge is 0.221 e. The predicted octanol–water partition coefficient (Wildman–Crippen LogP) is 2.22. The van der Waals surface area contributed by atoms with E-state index in [0.717, 1.165) is 48.4 Å². The van der Waals surface area contributed by atoms with Crippen molar-refractivity contribution in [2.75, 3.05) is 37.1 Å². The molecule has 7 nitrogen and oxygen atoms in total. The maximum atomic E-state index is 12.3. The first-order valence-electron chi connectivity index (χ1n) is 10.6. The van der Waals surface area contributed by atoms with Crippen LogP contribution in [0.2, 0.25) is 0 Å². The third-order valence-corrected chi connectivity index (χ3v) is 6.98. The molecule has 0 spiro atoms. The molecule has 1 saturated carbocycles. The van der Waals surface area contributed by atoms with Gasteiger partial charge in [0.15, 0.2) is 5.82 Å². The molecule has 30 heavy (non-hydrogen) atoms. The normalized spacial score (nSPS) is 26.0. The molecule has 0 radical (unpaired) electrons. The van der Waals surface area contributed by atoms with Crippen molar-refractivity contribution in [1.29, 1.82) is 0 Å². The second-order valence-corrected chi connectivity index (χ2v) is 9.21. The number of carbonyl (C=O) groups is 1. The number of thioether (sulfide) groups is 1. The van der Waals surface area contributed by atoms with Gasteiger partial charge in [-0.15, -0.1) is 0 Å². The summed E-state index contributed by atoms with van der Waals surface area (Å²) < 4.78 is 5.77. The van der Waals surface area contributed by atoms with Gasteiger partial charge in [-0.25, -0.2) is 9.97 Å². The van der Waals surface area contributed by atoms with Crippen molar-refractivity contribution in [2.45, 2.75) is 38.0 Å². The van der Waals surface area contributed by atoms with Crippen molar-refractivity contribution in [2.24, 2.45) is 11.8 Å². The maximum absolute atomic E-state index is 12.3. The van der Waals surface area contributed by atoms with E-state index in [4.69, 9.17) is 4.74 Å². The van der Waals surface area contributed by atoms with Crippen LogP contribution in [0.4, 0.5) is 5.82 Å². The number of rotatable bonds is 7. The number of ether oxygens (including phenoxy) is 1. The van der Waals surface area contributed by atoms with Crippen molar-refractivity contribution in [1.82, 2.24) is 15.3 Å². The zero-order valence-corrected chi connectivity index (χ0v) is 18.4. The maximum Gasteiger partial charge on any atom is 0.221 e. The molecule has 1 aliphatic carbocycles. The van der Waals surface area contributed by atoms with Crippen LogP contribution in [0.1, 0.15) is 25.1 Å². The minimum absolute atomic E-state index is 0.0413. The lowest BCUT2D eigenvalue weighted by Crippen LogP contribution is -2.50. The van der Waals surface area contributed by atoms with Gasteiger partial charge < -0.3 is 20.1 Å². The first-order chi connectivity index (χ1) is 14.6. The van der Waals surface area contributed by atoms with Gasteiger partial charge in [-0.3, -0.25) is 4.79 Å². The Bertz CT molecular complexity index is 896. The number of hydrogen-bond donors (Lipinski definition) is 2. The standard InChI is InChI=1S/C22H30N4O3S/c1-29-19-10-15-12-26(11-14(15)9-18(19)24-21(28)7-8-30-2)22-16-5-3-4-6-17(16)23-20(13-27)25-22/h3-6,14-15,18-19,27H,7-13H2,1-2H3,(H,24,28)/t14-,15+,18-,19-/m0/s1. The molecule has 1 aliphatic heterocycles. The first-order valence-corrected chi connectivity index (χ1v) is 11.9. The Morgan fingerprint density at radius 2 is 2.03 bits per heavy atom. The van der Waals surface area contributed by atoms with Crippen molar-refractivity contribution in [3.8, 4) is 0 Å². The summed E-state index contributed by atoms with van der Waals surface area (Å²) >= 11 is 1.69. The van der Waals surface area contributed by atoms with Gasteiger partial charge in [0.1, 0.15) is 12.4 Å². The molecule has 1 aromatic carbocycles. The summed E-state index contributed by atoms with van der Waals surface area (Å²) in [6.07, 6.45) is 4.45. The zero-order chi connectivity index (χ0) is 21.1. The number of carbonyl (C=O) groups excluding carboxylic acids is 1. The predicted molar refractivity (Wildman–Crippen MR) is 120 cm³/mol. The molecule has 2 heterocycles. The zero-order valence-electron chi connectivity index (χ0n) is 17.6. The fourth-order valence-electron chi connectivity index (χ4n) is 4.89. The van der Waals surface area contributed by atoms with Crippen LogP contribution < -0.4 is 10.2 Å². The average molecular weight is 431 g/mol. The molecule has 2 aliphatic rings. The third-order valence-electron chi connectivity index (χ3n) is 6.37. The highest BCUT2D eigenvalue weighted by Crippen LogP contribution is 2.40. The van der Waals surface area contributed by atoms with Crippen LogP contribution >= 0.6 is 11.8 Å². The molecule has 0 unspecified atom stereocenters. The second-order valence-electron chi connectivity index (χ2n) is 8.23. The lowest BCUT2D eigenvalue weighted by atomic mass is 9.77. The van der Waals surface area contributed by atoms with Gasteiger partial charge in [0.05, 0.1) is 17.7 Å². The lowest BCUT2D eigenvalue weighted by Gasteiger charge is -2.37. The van der Waals surface area contributed by atoms with Crippen LogP contribution in [0.3, 0.4) is 0 Å². The van der Waals surface area contributed by atoms with Crippen LogP contribution in [0, 0.1) is 11.8 Å². The summed E-state index contributed by atoms with van der Waals surface area (Å²) in [5.74, 6) is 3.28. The minimum Gasteiger partial charge on any atom is -0.388 e. The van der Waals surface area contributed by atoms with Crippen molar-refractivity contribution >= 4 is 34.4 Å². The van der Waals surface area contributed by atoms with E-state index in [1.165, 1.54) is 0 Å². The summed E-state index contributed by atoms with van der Waals surface area (Å²) in [5.41, 5.74) is 0.857. The number of nitrogens with one attached hydrogen (secondary N) is 1. The highest BCUT2D eigenvalue weighted by molar-refractivity contribution is 7.98. The highest BCUT2D eigenvalue weighted by atomic mass is 32.2. The molecular formula is C22H30N4O3S. The number of para-hydroxylation sites is 1. The Morgan fingerprint density at radius 3 is 2.77 bits per heavy atom. The molecular weight excluding hydrogens is 400 g/mol. The molecule has 4 atom stereocenters. The Balaban J connectivity index is 1.52.